The molecule has 184 valence electrons. The van der Waals surface area contributed by atoms with E-state index in [0.717, 1.165) is 36.8 Å². The molecule has 1 aromatic heterocycles. The lowest BCUT2D eigenvalue weighted by atomic mass is 10.2. The molecule has 4 rings (SSSR count). The lowest BCUT2D eigenvalue weighted by Crippen LogP contribution is -1.96. The highest BCUT2D eigenvalue weighted by Gasteiger charge is 2.18. The Morgan fingerprint density at radius 3 is 2.56 bits per heavy atom. The third-order valence-corrected chi connectivity index (χ3v) is 7.30. The number of hydrogen-bond acceptors (Lipinski definition) is 9. The largest absolute Gasteiger partial charge is 0.494 e. The van der Waals surface area contributed by atoms with Crippen molar-refractivity contribution in [1.29, 1.82) is 0 Å². The molecule has 0 aliphatic carbocycles. The second-order valence-electron chi connectivity index (χ2n) is 7.78. The van der Waals surface area contributed by atoms with E-state index in [4.69, 9.17) is 4.74 Å². The number of aliphatic imine (C=N–C) groups is 1. The summed E-state index contributed by atoms with van der Waals surface area (Å²) < 4.78 is 6.91. The normalized spacial score (nSPS) is 11.2. The van der Waals surface area contributed by atoms with Crippen LogP contribution >= 0.6 is 23.1 Å². The number of nitro groups is 2. The molecular weight excluding hydrogens is 500 g/mol. The van der Waals surface area contributed by atoms with Crippen molar-refractivity contribution < 1.29 is 14.6 Å². The van der Waals surface area contributed by atoms with Gasteiger partial charge in [0.1, 0.15) is 5.75 Å². The molecule has 3 aromatic carbocycles. The standard InChI is InChI=1S/C25H22N4O5S2/c1-2-3-4-13-34-20-9-6-18(7-10-20)26-16-17-5-12-23(22(14-17)29(32)33)35-25-27-21-11-8-19(28(30)31)15-24(21)36-25/h5-12,14-16H,2-4,13H2,1H3. The highest BCUT2D eigenvalue weighted by molar-refractivity contribution is 8.01. The van der Waals surface area contributed by atoms with Crippen LogP contribution in [-0.2, 0) is 0 Å². The first-order valence-electron chi connectivity index (χ1n) is 11.2. The molecular formula is C25H22N4O5S2. The minimum absolute atomic E-state index is 0.0218. The lowest BCUT2D eigenvalue weighted by molar-refractivity contribution is -0.387. The topological polar surface area (TPSA) is 121 Å². The van der Waals surface area contributed by atoms with Gasteiger partial charge in [0.15, 0.2) is 4.34 Å². The van der Waals surface area contributed by atoms with Crippen LogP contribution in [0.3, 0.4) is 0 Å². The van der Waals surface area contributed by atoms with Crippen molar-refractivity contribution in [2.75, 3.05) is 6.61 Å². The molecule has 0 aliphatic heterocycles. The number of non-ortho nitro benzene ring substituents is 1. The summed E-state index contributed by atoms with van der Waals surface area (Å²) in [6.07, 6.45) is 4.88. The molecule has 0 amide bonds. The Morgan fingerprint density at radius 1 is 1.03 bits per heavy atom. The van der Waals surface area contributed by atoms with E-state index in [1.807, 2.05) is 24.3 Å². The van der Waals surface area contributed by atoms with E-state index in [1.54, 1.807) is 24.4 Å². The summed E-state index contributed by atoms with van der Waals surface area (Å²) in [5.74, 6) is 0.784. The van der Waals surface area contributed by atoms with Crippen LogP contribution in [0, 0.1) is 20.2 Å². The average molecular weight is 523 g/mol. The third-order valence-electron chi connectivity index (χ3n) is 5.16. The summed E-state index contributed by atoms with van der Waals surface area (Å²) in [5.41, 5.74) is 1.82. The van der Waals surface area contributed by atoms with Gasteiger partial charge in [0.05, 0.1) is 37.3 Å². The number of aromatic nitrogens is 1. The highest BCUT2D eigenvalue weighted by atomic mass is 32.2. The van der Waals surface area contributed by atoms with Gasteiger partial charge in [-0.1, -0.05) is 37.6 Å². The zero-order valence-corrected chi connectivity index (χ0v) is 21.0. The van der Waals surface area contributed by atoms with E-state index in [-0.39, 0.29) is 11.4 Å². The Labute approximate surface area is 215 Å². The molecule has 36 heavy (non-hydrogen) atoms. The zero-order chi connectivity index (χ0) is 25.5. The fraction of sp³-hybridized carbons (Fsp3) is 0.200. The van der Waals surface area contributed by atoms with Crippen molar-refractivity contribution >= 4 is 56.6 Å². The van der Waals surface area contributed by atoms with E-state index in [2.05, 4.69) is 16.9 Å². The monoisotopic (exact) mass is 522 g/mol. The molecule has 0 saturated carbocycles. The van der Waals surface area contributed by atoms with Gasteiger partial charge in [0.25, 0.3) is 11.4 Å². The predicted octanol–water partition coefficient (Wildman–Crippen LogP) is 7.58. The van der Waals surface area contributed by atoms with Gasteiger partial charge >= 0.3 is 0 Å². The molecule has 0 atom stereocenters. The molecule has 0 unspecified atom stereocenters. The molecule has 11 heteroatoms. The fourth-order valence-electron chi connectivity index (χ4n) is 3.31. The second-order valence-corrected chi connectivity index (χ2v) is 10.1. The number of thiazole rings is 1. The molecule has 0 bridgehead atoms. The molecule has 0 saturated heterocycles. The first kappa shape index (κ1) is 25.3. The van der Waals surface area contributed by atoms with Crippen LogP contribution in [0.15, 0.2) is 74.9 Å². The summed E-state index contributed by atoms with van der Waals surface area (Å²) in [4.78, 5) is 31.1. The number of hydrogen-bond donors (Lipinski definition) is 0. The van der Waals surface area contributed by atoms with Crippen LogP contribution < -0.4 is 4.74 Å². The quantitative estimate of drug-likeness (QED) is 0.0861. The highest BCUT2D eigenvalue weighted by Crippen LogP contribution is 2.39. The van der Waals surface area contributed by atoms with Crippen LogP contribution in [0.4, 0.5) is 17.1 Å². The molecule has 0 N–H and O–H groups in total. The van der Waals surface area contributed by atoms with Gasteiger partial charge in [-0.05, 0) is 48.4 Å². The number of nitro benzene ring substituents is 2. The van der Waals surface area contributed by atoms with E-state index in [0.29, 0.717) is 37.3 Å². The minimum Gasteiger partial charge on any atom is -0.494 e. The average Bonchev–Trinajstić information content (AvgIpc) is 3.28. The number of unbranched alkanes of at least 4 members (excludes halogenated alkanes) is 2. The number of fused-ring (bicyclic) bond motifs is 1. The van der Waals surface area contributed by atoms with E-state index in [9.17, 15) is 20.2 Å². The molecule has 1 heterocycles. The van der Waals surface area contributed by atoms with Crippen molar-refractivity contribution in [2.45, 2.75) is 35.4 Å². The maximum absolute atomic E-state index is 11.7. The van der Waals surface area contributed by atoms with Crippen LogP contribution in [0.1, 0.15) is 31.7 Å². The summed E-state index contributed by atoms with van der Waals surface area (Å²) >= 11 is 2.41. The Kier molecular flexibility index (Phi) is 8.24. The molecule has 0 radical (unpaired) electrons. The van der Waals surface area contributed by atoms with Gasteiger partial charge < -0.3 is 4.74 Å². The van der Waals surface area contributed by atoms with Crippen molar-refractivity contribution in [3.05, 3.63) is 86.5 Å². The molecule has 9 nitrogen and oxygen atoms in total. The fourth-order valence-corrected chi connectivity index (χ4v) is 5.45. The lowest BCUT2D eigenvalue weighted by Gasteiger charge is -2.05. The van der Waals surface area contributed by atoms with Gasteiger partial charge in [-0.15, -0.1) is 11.3 Å². The third kappa shape index (κ3) is 6.43. The second kappa shape index (κ2) is 11.7. The Hall–Kier alpha value is -3.83. The first-order chi connectivity index (χ1) is 17.4. The van der Waals surface area contributed by atoms with E-state index < -0.39 is 9.85 Å². The van der Waals surface area contributed by atoms with Crippen LogP contribution in [0.2, 0.25) is 0 Å². The van der Waals surface area contributed by atoms with Gasteiger partial charge in [0, 0.05) is 24.4 Å². The van der Waals surface area contributed by atoms with E-state index >= 15 is 0 Å². The van der Waals surface area contributed by atoms with Gasteiger partial charge in [-0.25, -0.2) is 4.98 Å². The van der Waals surface area contributed by atoms with Crippen molar-refractivity contribution in [1.82, 2.24) is 4.98 Å². The Balaban J connectivity index is 1.47. The van der Waals surface area contributed by atoms with Crippen LogP contribution in [-0.4, -0.2) is 27.7 Å². The zero-order valence-electron chi connectivity index (χ0n) is 19.3. The minimum atomic E-state index is -0.464. The molecule has 0 fully saturated rings. The Morgan fingerprint density at radius 2 is 1.83 bits per heavy atom. The summed E-state index contributed by atoms with van der Waals surface area (Å²) in [6.45, 7) is 2.83. The molecule has 0 aliphatic rings. The molecule has 4 aromatic rings. The van der Waals surface area contributed by atoms with Gasteiger partial charge in [-0.2, -0.15) is 0 Å². The molecule has 0 spiro atoms. The number of nitrogens with zero attached hydrogens (tertiary/aromatic N) is 4. The summed E-state index contributed by atoms with van der Waals surface area (Å²) in [6, 6.07) is 16.7. The van der Waals surface area contributed by atoms with E-state index in [1.165, 1.54) is 29.5 Å². The van der Waals surface area contributed by atoms with Crippen LogP contribution in [0.5, 0.6) is 5.75 Å². The smallest absolute Gasteiger partial charge is 0.283 e. The predicted molar refractivity (Wildman–Crippen MR) is 142 cm³/mol. The SMILES string of the molecule is CCCCCOc1ccc(N=Cc2ccc(Sc3nc4ccc([N+](=O)[O-])cc4s3)c([N+](=O)[O-])c2)cc1. The first-order valence-corrected chi connectivity index (χ1v) is 12.8. The van der Waals surface area contributed by atoms with Crippen molar-refractivity contribution in [3.63, 3.8) is 0 Å². The van der Waals surface area contributed by atoms with Crippen LogP contribution in [0.25, 0.3) is 10.2 Å². The number of ether oxygens (including phenoxy) is 1. The van der Waals surface area contributed by atoms with Crippen molar-refractivity contribution in [2.24, 2.45) is 4.99 Å². The summed E-state index contributed by atoms with van der Waals surface area (Å²) in [5, 5.41) is 22.7. The number of benzene rings is 3. The van der Waals surface area contributed by atoms with Gasteiger partial charge in [-0.3, -0.25) is 25.2 Å². The summed E-state index contributed by atoms with van der Waals surface area (Å²) in [7, 11) is 0. The Bertz CT molecular complexity index is 1420. The number of rotatable bonds is 11. The van der Waals surface area contributed by atoms with Gasteiger partial charge in [0.2, 0.25) is 0 Å². The maximum Gasteiger partial charge on any atom is 0.283 e. The van der Waals surface area contributed by atoms with Crippen molar-refractivity contribution in [3.8, 4) is 5.75 Å². The maximum atomic E-state index is 11.7.